The van der Waals surface area contributed by atoms with Crippen LogP contribution in [0, 0.1) is 6.92 Å². The van der Waals surface area contributed by atoms with Crippen molar-refractivity contribution in [2.24, 2.45) is 0 Å². The van der Waals surface area contributed by atoms with E-state index in [1.807, 2.05) is 18.2 Å². The lowest BCUT2D eigenvalue weighted by atomic mass is 10.1. The molecule has 0 spiro atoms. The van der Waals surface area contributed by atoms with Crippen LogP contribution in [0.1, 0.15) is 12.0 Å². The minimum absolute atomic E-state index is 0.922. The molecule has 0 aliphatic heterocycles. The second-order valence-electron chi connectivity index (χ2n) is 6.45. The summed E-state index contributed by atoms with van der Waals surface area (Å²) in [5.74, 6) is 0.958. The second-order valence-corrected chi connectivity index (χ2v) is 7.54. The Morgan fingerprint density at radius 3 is 2.64 bits per heavy atom. The normalized spacial score (nSPS) is 10.9. The van der Waals surface area contributed by atoms with E-state index in [1.165, 1.54) is 5.56 Å². The summed E-state index contributed by atoms with van der Waals surface area (Å²) >= 11 is 1.73. The van der Waals surface area contributed by atoms with Gasteiger partial charge in [-0.15, -0.1) is 11.8 Å². The molecule has 0 aliphatic carbocycles. The fourth-order valence-electron chi connectivity index (χ4n) is 2.91. The molecule has 0 atom stereocenters. The van der Waals surface area contributed by atoms with E-state index in [1.54, 1.807) is 29.1 Å². The van der Waals surface area contributed by atoms with Crippen LogP contribution < -0.4 is 5.32 Å². The summed E-state index contributed by atoms with van der Waals surface area (Å²) in [7, 11) is 0. The average Bonchev–Trinajstić information content (AvgIpc) is 3.39. The lowest BCUT2D eigenvalue weighted by Gasteiger charge is -2.07. The zero-order chi connectivity index (χ0) is 19.2. The van der Waals surface area contributed by atoms with Gasteiger partial charge in [-0.2, -0.15) is 10.2 Å². The number of para-hydroxylation sites is 1. The third-order valence-corrected chi connectivity index (χ3v) is 5.41. The molecule has 2 N–H and O–H groups in total. The Hall–Kier alpha value is -3.06. The molecule has 2 aromatic carbocycles. The molecule has 2 heterocycles. The molecule has 4 aromatic rings. The molecule has 0 saturated carbocycles. The maximum Gasteiger partial charge on any atom is 0.144 e. The molecule has 4 rings (SSSR count). The molecule has 0 saturated heterocycles. The fraction of sp³-hybridized carbons (Fsp3) is 0.190. The van der Waals surface area contributed by atoms with Crippen LogP contribution in [0.2, 0.25) is 0 Å². The number of thioether (sulfide) groups is 1. The van der Waals surface area contributed by atoms with Crippen molar-refractivity contribution in [1.29, 1.82) is 0 Å². The van der Waals surface area contributed by atoms with Gasteiger partial charge in [0.25, 0.3) is 0 Å². The zero-order valence-corrected chi connectivity index (χ0v) is 16.5. The number of hydrogen-bond donors (Lipinski definition) is 2. The van der Waals surface area contributed by atoms with Crippen LogP contribution in [0.3, 0.4) is 0 Å². The molecule has 28 heavy (non-hydrogen) atoms. The maximum absolute atomic E-state index is 4.56. The van der Waals surface area contributed by atoms with Gasteiger partial charge in [-0.3, -0.25) is 5.10 Å². The molecule has 7 heteroatoms. The van der Waals surface area contributed by atoms with E-state index in [9.17, 15) is 0 Å². The van der Waals surface area contributed by atoms with E-state index < -0.39 is 0 Å². The Bertz CT molecular complexity index is 993. The second kappa shape index (κ2) is 8.75. The zero-order valence-electron chi connectivity index (χ0n) is 15.7. The number of anilines is 1. The molecule has 0 unspecified atom stereocenters. The van der Waals surface area contributed by atoms with E-state index in [0.717, 1.165) is 46.4 Å². The van der Waals surface area contributed by atoms with Crippen LogP contribution in [0.15, 0.2) is 72.3 Å². The molecule has 6 nitrogen and oxygen atoms in total. The van der Waals surface area contributed by atoms with E-state index in [-0.39, 0.29) is 0 Å². The summed E-state index contributed by atoms with van der Waals surface area (Å²) in [4.78, 5) is 4.10. The van der Waals surface area contributed by atoms with Crippen molar-refractivity contribution in [3.8, 4) is 16.9 Å². The number of nitrogens with zero attached hydrogens (tertiary/aromatic N) is 4. The van der Waals surface area contributed by atoms with Crippen molar-refractivity contribution in [1.82, 2.24) is 25.0 Å². The summed E-state index contributed by atoms with van der Waals surface area (Å²) in [6.45, 7) is 3.00. The summed E-state index contributed by atoms with van der Waals surface area (Å²) in [6.07, 6.45) is 4.29. The molecule has 0 radical (unpaired) electrons. The predicted molar refractivity (Wildman–Crippen MR) is 114 cm³/mol. The van der Waals surface area contributed by atoms with Gasteiger partial charge in [0, 0.05) is 23.5 Å². The first-order valence-corrected chi connectivity index (χ1v) is 10.2. The first kappa shape index (κ1) is 18.3. The van der Waals surface area contributed by atoms with Gasteiger partial charge in [0.15, 0.2) is 0 Å². The maximum atomic E-state index is 4.56. The Morgan fingerprint density at radius 1 is 1.07 bits per heavy atom. The van der Waals surface area contributed by atoms with Gasteiger partial charge in [0.05, 0.1) is 5.69 Å². The van der Waals surface area contributed by atoms with Crippen molar-refractivity contribution in [3.63, 3.8) is 0 Å². The molecular formula is C21H22N6S. The third-order valence-electron chi connectivity index (χ3n) is 4.36. The molecule has 2 aromatic heterocycles. The summed E-state index contributed by atoms with van der Waals surface area (Å²) < 4.78 is 1.78. The van der Waals surface area contributed by atoms with Crippen LogP contribution >= 0.6 is 11.8 Å². The van der Waals surface area contributed by atoms with Gasteiger partial charge in [-0.05, 0) is 25.5 Å². The van der Waals surface area contributed by atoms with Gasteiger partial charge in [-0.25, -0.2) is 9.67 Å². The summed E-state index contributed by atoms with van der Waals surface area (Å²) in [6, 6.07) is 18.7. The number of H-pyrrole nitrogens is 1. The highest BCUT2D eigenvalue weighted by Gasteiger charge is 2.17. The van der Waals surface area contributed by atoms with Gasteiger partial charge in [0.2, 0.25) is 0 Å². The minimum atomic E-state index is 0.922. The Labute approximate surface area is 168 Å². The quantitative estimate of drug-likeness (QED) is 0.341. The number of aryl methyl sites for hydroxylation is 1. The topological polar surface area (TPSA) is 71.4 Å². The van der Waals surface area contributed by atoms with Crippen molar-refractivity contribution < 1.29 is 0 Å². The molecule has 0 amide bonds. The Kier molecular flexibility index (Phi) is 5.72. The molecule has 142 valence electrons. The van der Waals surface area contributed by atoms with Crippen LogP contribution in [0.4, 0.5) is 5.69 Å². The summed E-state index contributed by atoms with van der Waals surface area (Å²) in [5, 5.41) is 16.4. The first-order chi connectivity index (χ1) is 13.8. The number of nitrogens with one attached hydrogen (secondary N) is 2. The lowest BCUT2D eigenvalue weighted by Crippen LogP contribution is -2.02. The molecule has 0 bridgehead atoms. The number of aromatic amines is 1. The summed E-state index contributed by atoms with van der Waals surface area (Å²) in [5.41, 5.74) is 5.36. The van der Waals surface area contributed by atoms with Gasteiger partial charge in [0.1, 0.15) is 23.4 Å². The molecule has 0 fully saturated rings. The number of hydrogen-bond acceptors (Lipinski definition) is 5. The van der Waals surface area contributed by atoms with Gasteiger partial charge >= 0.3 is 0 Å². The van der Waals surface area contributed by atoms with E-state index in [0.29, 0.717) is 0 Å². The van der Waals surface area contributed by atoms with Crippen molar-refractivity contribution >= 4 is 17.4 Å². The van der Waals surface area contributed by atoms with Crippen molar-refractivity contribution in [3.05, 3.63) is 72.8 Å². The van der Waals surface area contributed by atoms with Crippen LogP contribution in [-0.4, -0.2) is 37.3 Å². The highest BCUT2D eigenvalue weighted by atomic mass is 32.2. The smallest absolute Gasteiger partial charge is 0.144 e. The Balaban J connectivity index is 1.45. The van der Waals surface area contributed by atoms with Crippen LogP contribution in [0.25, 0.3) is 16.9 Å². The van der Waals surface area contributed by atoms with Crippen LogP contribution in [0.5, 0.6) is 0 Å². The van der Waals surface area contributed by atoms with Gasteiger partial charge in [-0.1, -0.05) is 48.0 Å². The first-order valence-electron chi connectivity index (χ1n) is 9.23. The highest BCUT2D eigenvalue weighted by molar-refractivity contribution is 7.99. The van der Waals surface area contributed by atoms with Crippen LogP contribution in [-0.2, 0) is 0 Å². The average molecular weight is 391 g/mol. The number of aromatic nitrogens is 5. The standard InChI is InChI=1S/C21H22N6S/c1-16-8-10-17(11-9-16)19-20(27-15-22-14-24-27)21(26-25-19)28-13-5-12-23-18-6-3-2-4-7-18/h2-4,6-11,14-15,23H,5,12-13H2,1H3,(H,25,26). The lowest BCUT2D eigenvalue weighted by molar-refractivity contribution is 0.855. The van der Waals surface area contributed by atoms with E-state index in [4.69, 9.17) is 0 Å². The molecular weight excluding hydrogens is 368 g/mol. The van der Waals surface area contributed by atoms with Crippen molar-refractivity contribution in [2.75, 3.05) is 17.6 Å². The highest BCUT2D eigenvalue weighted by Crippen LogP contribution is 2.32. The number of rotatable bonds is 8. The predicted octanol–water partition coefficient (Wildman–Crippen LogP) is 4.56. The monoisotopic (exact) mass is 390 g/mol. The Morgan fingerprint density at radius 2 is 1.89 bits per heavy atom. The molecule has 0 aliphatic rings. The largest absolute Gasteiger partial charge is 0.385 e. The SMILES string of the molecule is Cc1ccc(-c2[nH]nc(SCCCNc3ccccc3)c2-n2cncn2)cc1. The fourth-order valence-corrected chi connectivity index (χ4v) is 3.83. The van der Waals surface area contributed by atoms with E-state index >= 15 is 0 Å². The third kappa shape index (κ3) is 4.26. The van der Waals surface area contributed by atoms with E-state index in [2.05, 4.69) is 68.9 Å². The number of benzene rings is 2. The van der Waals surface area contributed by atoms with Gasteiger partial charge < -0.3 is 5.32 Å². The van der Waals surface area contributed by atoms with Crippen molar-refractivity contribution in [2.45, 2.75) is 18.4 Å². The minimum Gasteiger partial charge on any atom is -0.385 e.